The molecule has 17 heteroatoms. The smallest absolute Gasteiger partial charge is 0.298 e. The Balaban J connectivity index is 0.000000169. The molecule has 2 saturated carbocycles. The van der Waals surface area contributed by atoms with Crippen molar-refractivity contribution in [1.82, 2.24) is 34.3 Å². The summed E-state index contributed by atoms with van der Waals surface area (Å²) < 4.78 is 14.9. The quantitative estimate of drug-likeness (QED) is 0.0817. The Bertz CT molecular complexity index is 2920. The van der Waals surface area contributed by atoms with Crippen LogP contribution in [0.2, 0.25) is 0 Å². The number of nitrogen functional groups attached to an aromatic ring is 2. The Hall–Kier alpha value is -8.31. The molecule has 3 aromatic carbocycles. The highest BCUT2D eigenvalue weighted by molar-refractivity contribution is 6.04. The average molecular weight is 899 g/mol. The number of para-hydroxylation sites is 2. The Morgan fingerprint density at radius 1 is 0.657 bits per heavy atom. The van der Waals surface area contributed by atoms with Crippen LogP contribution in [0.5, 0.6) is 23.1 Å². The number of anilines is 2. The van der Waals surface area contributed by atoms with Crippen LogP contribution in [0.15, 0.2) is 103 Å². The van der Waals surface area contributed by atoms with Crippen molar-refractivity contribution in [3.05, 3.63) is 114 Å². The number of benzene rings is 3. The van der Waals surface area contributed by atoms with Crippen LogP contribution in [0.1, 0.15) is 91.1 Å². The number of rotatable bonds is 10. The second-order valence-corrected chi connectivity index (χ2v) is 17.4. The number of aromatic nitrogens is 5. The molecule has 67 heavy (non-hydrogen) atoms. The molecule has 17 nitrogen and oxygen atoms in total. The van der Waals surface area contributed by atoms with Gasteiger partial charge in [-0.2, -0.15) is 15.5 Å². The predicted octanol–water partition coefficient (Wildman–Crippen LogP) is 6.81. The van der Waals surface area contributed by atoms with Crippen molar-refractivity contribution in [2.24, 2.45) is 11.5 Å². The highest BCUT2D eigenvalue weighted by Crippen LogP contribution is 2.51. The standard InChI is InChI=1S/C27H27N5O3.C23H23N7O2/c1-2-6-22(33)31-17-19(13-14-27(31)15-16-27)32-25(28)23(26(29)34)24(30-32)18-9-11-21(12-10-18)35-20-7-4-3-5-8-20;24-14-29-13-16(8-9-23(29)10-11-23)30-21(25)19(22(26)31)20(28-30)15-6-7-18(27-12-15)32-17-4-2-1-3-5-17/h3-5,7-12,19H,13-17,28H2,1H3,(H2,29,34);1-7,12,16H,8-11,13,25H2,(H2,26,31). The van der Waals surface area contributed by atoms with Gasteiger partial charge in [-0.1, -0.05) is 42.3 Å². The van der Waals surface area contributed by atoms with Crippen LogP contribution in [0.25, 0.3) is 22.5 Å². The van der Waals surface area contributed by atoms with Crippen molar-refractivity contribution in [3.63, 3.8) is 0 Å². The molecule has 2 spiro atoms. The van der Waals surface area contributed by atoms with E-state index >= 15 is 0 Å². The van der Waals surface area contributed by atoms with Crippen molar-refractivity contribution < 1.29 is 23.9 Å². The molecule has 3 aromatic heterocycles. The topological polar surface area (TPSA) is 253 Å². The fourth-order valence-electron chi connectivity index (χ4n) is 9.32. The van der Waals surface area contributed by atoms with Crippen LogP contribution in [0.3, 0.4) is 0 Å². The lowest BCUT2D eigenvalue weighted by Crippen LogP contribution is -2.49. The van der Waals surface area contributed by atoms with Gasteiger partial charge in [0.2, 0.25) is 5.88 Å². The summed E-state index contributed by atoms with van der Waals surface area (Å²) in [6, 6.07) is 29.3. The number of amides is 3. The minimum atomic E-state index is -0.653. The van der Waals surface area contributed by atoms with E-state index in [0.29, 0.717) is 53.0 Å². The number of hydrogen-bond acceptors (Lipinski definition) is 12. The average Bonchev–Trinajstić information content (AvgIpc) is 4.23. The van der Waals surface area contributed by atoms with Gasteiger partial charge >= 0.3 is 0 Å². The maximum absolute atomic E-state index is 12.7. The molecular weight excluding hydrogens is 849 g/mol. The van der Waals surface area contributed by atoms with E-state index in [1.54, 1.807) is 34.6 Å². The third-order valence-corrected chi connectivity index (χ3v) is 13.2. The van der Waals surface area contributed by atoms with Crippen LogP contribution < -0.4 is 32.4 Å². The second kappa shape index (κ2) is 17.9. The first-order valence-corrected chi connectivity index (χ1v) is 22.2. The SMILES string of the molecule is CC#CC(=O)N1CC(n2nc(-c3ccc(Oc4ccccc4)cc3)c(C(N)=O)c2N)CCC12CC2.N#CN1CC(n2nc(-c3ccc(Oc4ccccc4)nc3)c(C(N)=O)c2N)CCC12CC2. The van der Waals surface area contributed by atoms with E-state index in [9.17, 15) is 19.6 Å². The number of nitrogens with zero attached hydrogens (tertiary/aromatic N) is 8. The van der Waals surface area contributed by atoms with Gasteiger partial charge in [0.25, 0.3) is 17.7 Å². The van der Waals surface area contributed by atoms with E-state index in [0.717, 1.165) is 57.1 Å². The molecule has 2 saturated heterocycles. The third kappa shape index (κ3) is 8.79. The van der Waals surface area contributed by atoms with E-state index in [2.05, 4.69) is 28.1 Å². The Labute approximate surface area is 387 Å². The first-order valence-electron chi connectivity index (χ1n) is 22.2. The van der Waals surface area contributed by atoms with Gasteiger partial charge in [0, 0.05) is 35.5 Å². The number of carbonyl (C=O) groups is 3. The monoisotopic (exact) mass is 898 g/mol. The molecule has 0 bridgehead atoms. The maximum atomic E-state index is 12.7. The van der Waals surface area contributed by atoms with Crippen molar-refractivity contribution >= 4 is 29.4 Å². The lowest BCUT2D eigenvalue weighted by Gasteiger charge is -2.39. The largest absolute Gasteiger partial charge is 0.457 e. The predicted molar refractivity (Wildman–Crippen MR) is 250 cm³/mol. The molecule has 5 heterocycles. The molecule has 4 aliphatic rings. The van der Waals surface area contributed by atoms with Gasteiger partial charge in [0.1, 0.15) is 51.4 Å². The van der Waals surface area contributed by atoms with Crippen LogP contribution in [-0.2, 0) is 4.79 Å². The Kier molecular flexibility index (Phi) is 11.8. The van der Waals surface area contributed by atoms with Gasteiger partial charge in [0.05, 0.1) is 24.2 Å². The lowest BCUT2D eigenvalue weighted by atomic mass is 9.96. The zero-order valence-electron chi connectivity index (χ0n) is 37.0. The summed E-state index contributed by atoms with van der Waals surface area (Å²) in [7, 11) is 0. The molecule has 340 valence electrons. The molecule has 6 aromatic rings. The van der Waals surface area contributed by atoms with E-state index in [4.69, 9.17) is 37.5 Å². The summed E-state index contributed by atoms with van der Waals surface area (Å²) in [5.41, 5.74) is 26.5. The molecule has 2 aliphatic heterocycles. The number of piperidine rings is 2. The van der Waals surface area contributed by atoms with Crippen molar-refractivity contribution in [1.29, 1.82) is 5.26 Å². The van der Waals surface area contributed by atoms with E-state index in [1.165, 1.54) is 0 Å². The summed E-state index contributed by atoms with van der Waals surface area (Å²) in [4.78, 5) is 45.3. The number of primary amides is 2. The van der Waals surface area contributed by atoms with E-state index in [-0.39, 0.29) is 51.8 Å². The van der Waals surface area contributed by atoms with Gasteiger partial charge in [-0.3, -0.25) is 14.4 Å². The number of pyridine rings is 1. The van der Waals surface area contributed by atoms with Gasteiger partial charge in [0.15, 0.2) is 6.19 Å². The van der Waals surface area contributed by atoms with E-state index in [1.807, 2.05) is 94.7 Å². The summed E-state index contributed by atoms with van der Waals surface area (Å²) in [6.45, 7) is 2.62. The molecule has 4 fully saturated rings. The first kappa shape index (κ1) is 43.9. The van der Waals surface area contributed by atoms with Crippen LogP contribution in [0.4, 0.5) is 11.6 Å². The fraction of sp³-hybridized carbons (Fsp3) is 0.300. The Morgan fingerprint density at radius 3 is 1.67 bits per heavy atom. The third-order valence-electron chi connectivity index (χ3n) is 13.2. The highest BCUT2D eigenvalue weighted by Gasteiger charge is 2.53. The summed E-state index contributed by atoms with van der Waals surface area (Å²) in [6.07, 6.45) is 11.3. The normalized spacial score (nSPS) is 18.4. The molecule has 2 atom stereocenters. The van der Waals surface area contributed by atoms with Crippen LogP contribution in [0, 0.1) is 23.3 Å². The van der Waals surface area contributed by atoms with Crippen molar-refractivity contribution in [2.75, 3.05) is 24.6 Å². The second-order valence-electron chi connectivity index (χ2n) is 17.4. The number of carbonyl (C=O) groups excluding carboxylic acids is 3. The minimum absolute atomic E-state index is 0.0149. The van der Waals surface area contributed by atoms with Crippen LogP contribution >= 0.6 is 0 Å². The van der Waals surface area contributed by atoms with Gasteiger partial charge < -0.3 is 42.2 Å². The first-order chi connectivity index (χ1) is 32.4. The van der Waals surface area contributed by atoms with Gasteiger partial charge in [-0.05, 0) is 119 Å². The number of likely N-dealkylation sites (tertiary alicyclic amines) is 2. The lowest BCUT2D eigenvalue weighted by molar-refractivity contribution is -0.130. The number of ether oxygens (including phenoxy) is 2. The molecule has 3 amide bonds. The zero-order chi connectivity index (χ0) is 46.9. The molecule has 10 rings (SSSR count). The maximum Gasteiger partial charge on any atom is 0.298 e. The molecule has 2 unspecified atom stereocenters. The number of nitriles is 1. The molecule has 2 aliphatic carbocycles. The molecular formula is C50H50N12O5. The summed E-state index contributed by atoms with van der Waals surface area (Å²) >= 11 is 0. The number of nitrogens with two attached hydrogens (primary N) is 4. The van der Waals surface area contributed by atoms with Crippen LogP contribution in [-0.4, -0.2) is 76.2 Å². The molecule has 8 N–H and O–H groups in total. The molecule has 0 radical (unpaired) electrons. The summed E-state index contributed by atoms with van der Waals surface area (Å²) in [5.74, 6) is 6.80. The minimum Gasteiger partial charge on any atom is -0.457 e. The summed E-state index contributed by atoms with van der Waals surface area (Å²) in [5, 5.41) is 19.0. The Morgan fingerprint density at radius 2 is 1.16 bits per heavy atom. The highest BCUT2D eigenvalue weighted by atomic mass is 16.5. The van der Waals surface area contributed by atoms with Crippen molar-refractivity contribution in [3.8, 4) is 63.7 Å². The van der Waals surface area contributed by atoms with Crippen molar-refractivity contribution in [2.45, 2.75) is 81.5 Å². The van der Waals surface area contributed by atoms with Gasteiger partial charge in [-0.25, -0.2) is 14.3 Å². The number of hydrogen-bond donors (Lipinski definition) is 4. The zero-order valence-corrected chi connectivity index (χ0v) is 37.0. The fourth-order valence-corrected chi connectivity index (χ4v) is 9.32. The van der Waals surface area contributed by atoms with Gasteiger partial charge in [-0.15, -0.1) is 0 Å². The van der Waals surface area contributed by atoms with E-state index < -0.39 is 11.8 Å².